The van der Waals surface area contributed by atoms with Crippen molar-refractivity contribution in [3.63, 3.8) is 0 Å². The van der Waals surface area contributed by atoms with Gasteiger partial charge < -0.3 is 4.74 Å². The zero-order valence-electron chi connectivity index (χ0n) is 15.2. The van der Waals surface area contributed by atoms with Crippen molar-refractivity contribution in [2.45, 2.75) is 12.8 Å². The number of esters is 1. The number of hydrogen-bond acceptors (Lipinski definition) is 6. The van der Waals surface area contributed by atoms with Gasteiger partial charge in [-0.3, -0.25) is 34.9 Å². The maximum absolute atomic E-state index is 12.0. The Bertz CT molecular complexity index is 940. The number of nitrogens with one attached hydrogen (secondary N) is 2. The molecule has 9 nitrogen and oxygen atoms in total. The van der Waals surface area contributed by atoms with Crippen LogP contribution in [0.15, 0.2) is 54.6 Å². The van der Waals surface area contributed by atoms with E-state index in [4.69, 9.17) is 4.74 Å². The fourth-order valence-electron chi connectivity index (χ4n) is 2.65. The molecule has 9 heteroatoms. The van der Waals surface area contributed by atoms with Gasteiger partial charge in [0.05, 0.1) is 11.3 Å². The maximum atomic E-state index is 12.0. The summed E-state index contributed by atoms with van der Waals surface area (Å²) >= 11 is 0. The van der Waals surface area contributed by atoms with Crippen molar-refractivity contribution < 1.29 is 28.7 Å². The summed E-state index contributed by atoms with van der Waals surface area (Å²) in [6.45, 7) is -0.598. The molecule has 0 aliphatic carbocycles. The summed E-state index contributed by atoms with van der Waals surface area (Å²) < 4.78 is 4.89. The zero-order valence-corrected chi connectivity index (χ0v) is 15.2. The number of hydrogen-bond donors (Lipinski definition) is 2. The lowest BCUT2D eigenvalue weighted by molar-refractivity contribution is -0.125. The molecule has 2 aromatic carbocycles. The first kappa shape index (κ1) is 19.7. The van der Waals surface area contributed by atoms with Crippen molar-refractivity contribution >= 4 is 35.3 Å². The predicted molar refractivity (Wildman–Crippen MR) is 101 cm³/mol. The largest absolute Gasteiger partial charge is 0.452 e. The molecule has 0 unspecified atom stereocenters. The molecule has 0 aromatic heterocycles. The number of amides is 4. The van der Waals surface area contributed by atoms with Gasteiger partial charge in [0.2, 0.25) is 11.8 Å². The summed E-state index contributed by atoms with van der Waals surface area (Å²) in [4.78, 5) is 60.1. The molecular weight excluding hydrogens is 378 g/mol. The first-order valence-electron chi connectivity index (χ1n) is 8.73. The third-order valence-electron chi connectivity index (χ3n) is 4.10. The Kier molecular flexibility index (Phi) is 5.98. The SMILES string of the molecule is O=C(COC(=O)c1ccc(N2C(=O)CCC2=O)cc1)NNC(=O)c1ccccc1. The molecule has 4 amide bonds. The van der Waals surface area contributed by atoms with Crippen molar-refractivity contribution in [1.82, 2.24) is 10.9 Å². The Morgan fingerprint density at radius 2 is 1.45 bits per heavy atom. The highest BCUT2D eigenvalue weighted by molar-refractivity contribution is 6.19. The fourth-order valence-corrected chi connectivity index (χ4v) is 2.65. The summed E-state index contributed by atoms with van der Waals surface area (Å²) in [5, 5.41) is 0. The molecule has 0 spiro atoms. The number of benzene rings is 2. The molecule has 0 saturated carbocycles. The van der Waals surface area contributed by atoms with Gasteiger partial charge in [0.1, 0.15) is 0 Å². The average molecular weight is 395 g/mol. The number of nitrogens with zero attached hydrogens (tertiary/aromatic N) is 1. The van der Waals surface area contributed by atoms with Crippen LogP contribution < -0.4 is 15.8 Å². The van der Waals surface area contributed by atoms with Crippen molar-refractivity contribution in [1.29, 1.82) is 0 Å². The van der Waals surface area contributed by atoms with Crippen LogP contribution in [0.3, 0.4) is 0 Å². The monoisotopic (exact) mass is 395 g/mol. The zero-order chi connectivity index (χ0) is 20.8. The Balaban J connectivity index is 1.47. The lowest BCUT2D eigenvalue weighted by Gasteiger charge is -2.14. The second kappa shape index (κ2) is 8.79. The van der Waals surface area contributed by atoms with E-state index in [-0.39, 0.29) is 30.2 Å². The molecule has 0 bridgehead atoms. The second-order valence-electron chi connectivity index (χ2n) is 6.11. The van der Waals surface area contributed by atoms with Gasteiger partial charge in [0, 0.05) is 18.4 Å². The van der Waals surface area contributed by atoms with E-state index in [1.165, 1.54) is 24.3 Å². The molecule has 0 radical (unpaired) electrons. The van der Waals surface area contributed by atoms with Crippen LogP contribution >= 0.6 is 0 Å². The highest BCUT2D eigenvalue weighted by atomic mass is 16.5. The van der Waals surface area contributed by atoms with E-state index in [0.717, 1.165) is 4.90 Å². The van der Waals surface area contributed by atoms with Crippen LogP contribution in [0.5, 0.6) is 0 Å². The summed E-state index contributed by atoms with van der Waals surface area (Å²) in [6.07, 6.45) is 0.330. The van der Waals surface area contributed by atoms with E-state index in [2.05, 4.69) is 10.9 Å². The minimum Gasteiger partial charge on any atom is -0.452 e. The Hall–Kier alpha value is -4.01. The molecule has 1 aliphatic heterocycles. The lowest BCUT2D eigenvalue weighted by atomic mass is 10.2. The quantitative estimate of drug-likeness (QED) is 0.442. The molecule has 3 rings (SSSR count). The Morgan fingerprint density at radius 3 is 2.07 bits per heavy atom. The van der Waals surface area contributed by atoms with Crippen molar-refractivity contribution in [3.8, 4) is 0 Å². The van der Waals surface area contributed by atoms with Gasteiger partial charge in [-0.25, -0.2) is 4.79 Å². The maximum Gasteiger partial charge on any atom is 0.338 e. The minimum atomic E-state index is -0.764. The number of carbonyl (C=O) groups is 5. The van der Waals surface area contributed by atoms with Crippen molar-refractivity contribution in [3.05, 3.63) is 65.7 Å². The van der Waals surface area contributed by atoms with Gasteiger partial charge in [-0.2, -0.15) is 0 Å². The van der Waals surface area contributed by atoms with Crippen LogP contribution in [0.2, 0.25) is 0 Å². The highest BCUT2D eigenvalue weighted by Gasteiger charge is 2.30. The standard InChI is InChI=1S/C20H17N3O6/c24-16(21-22-19(27)13-4-2-1-3-5-13)12-29-20(28)14-6-8-15(9-7-14)23-17(25)10-11-18(23)26/h1-9H,10-12H2,(H,21,24)(H,22,27). The van der Waals surface area contributed by atoms with Crippen molar-refractivity contribution in [2.24, 2.45) is 0 Å². The van der Waals surface area contributed by atoms with Crippen LogP contribution in [0.1, 0.15) is 33.6 Å². The normalized spacial score (nSPS) is 13.2. The number of ether oxygens (including phenoxy) is 1. The number of hydrazine groups is 1. The molecule has 1 fully saturated rings. The molecule has 29 heavy (non-hydrogen) atoms. The predicted octanol–water partition coefficient (Wildman–Crippen LogP) is 0.958. The summed E-state index contributed by atoms with van der Waals surface area (Å²) in [5.74, 6) is -2.57. The van der Waals surface area contributed by atoms with Crippen LogP contribution in [0.4, 0.5) is 5.69 Å². The van der Waals surface area contributed by atoms with E-state index < -0.39 is 24.4 Å². The summed E-state index contributed by atoms with van der Waals surface area (Å²) in [5.41, 5.74) is 5.24. The molecule has 2 N–H and O–H groups in total. The molecule has 0 atom stereocenters. The molecule has 1 aliphatic rings. The number of imide groups is 1. The van der Waals surface area contributed by atoms with Crippen molar-refractivity contribution in [2.75, 3.05) is 11.5 Å². The number of rotatable bonds is 5. The Labute approximate surface area is 165 Å². The van der Waals surface area contributed by atoms with Crippen LogP contribution in [-0.2, 0) is 19.1 Å². The third-order valence-corrected chi connectivity index (χ3v) is 4.10. The van der Waals surface area contributed by atoms with Gasteiger partial charge in [-0.15, -0.1) is 0 Å². The molecule has 1 heterocycles. The van der Waals surface area contributed by atoms with Gasteiger partial charge in [-0.05, 0) is 36.4 Å². The molecular formula is C20H17N3O6. The second-order valence-corrected chi connectivity index (χ2v) is 6.11. The average Bonchev–Trinajstić information content (AvgIpc) is 3.09. The molecule has 148 valence electrons. The van der Waals surface area contributed by atoms with E-state index in [9.17, 15) is 24.0 Å². The van der Waals surface area contributed by atoms with Gasteiger partial charge in [-0.1, -0.05) is 18.2 Å². The summed E-state index contributed by atoms with van der Waals surface area (Å²) in [6, 6.07) is 14.0. The van der Waals surface area contributed by atoms with E-state index in [1.54, 1.807) is 30.3 Å². The smallest absolute Gasteiger partial charge is 0.338 e. The first-order valence-corrected chi connectivity index (χ1v) is 8.73. The van der Waals surface area contributed by atoms with E-state index >= 15 is 0 Å². The summed E-state index contributed by atoms with van der Waals surface area (Å²) in [7, 11) is 0. The van der Waals surface area contributed by atoms with E-state index in [0.29, 0.717) is 11.3 Å². The van der Waals surface area contributed by atoms with Gasteiger partial charge in [0.25, 0.3) is 11.8 Å². The third kappa shape index (κ3) is 4.83. The van der Waals surface area contributed by atoms with Crippen LogP contribution in [0, 0.1) is 0 Å². The van der Waals surface area contributed by atoms with Gasteiger partial charge >= 0.3 is 5.97 Å². The van der Waals surface area contributed by atoms with Crippen LogP contribution in [-0.4, -0.2) is 36.2 Å². The fraction of sp³-hybridized carbons (Fsp3) is 0.150. The molecule has 2 aromatic rings. The Morgan fingerprint density at radius 1 is 0.828 bits per heavy atom. The van der Waals surface area contributed by atoms with Crippen LogP contribution in [0.25, 0.3) is 0 Å². The highest BCUT2D eigenvalue weighted by Crippen LogP contribution is 2.22. The minimum absolute atomic E-state index is 0.147. The number of carbonyl (C=O) groups excluding carboxylic acids is 5. The molecule has 1 saturated heterocycles. The first-order chi connectivity index (χ1) is 14.0. The number of anilines is 1. The van der Waals surface area contributed by atoms with Gasteiger partial charge in [0.15, 0.2) is 6.61 Å². The lowest BCUT2D eigenvalue weighted by Crippen LogP contribution is -2.43. The topological polar surface area (TPSA) is 122 Å². The van der Waals surface area contributed by atoms with E-state index in [1.807, 2.05) is 0 Å².